The van der Waals surface area contributed by atoms with E-state index in [9.17, 15) is 18.0 Å². The summed E-state index contributed by atoms with van der Waals surface area (Å²) in [5, 5.41) is 2.14. The second-order valence-corrected chi connectivity index (χ2v) is 6.10. The fourth-order valence-electron chi connectivity index (χ4n) is 1.57. The van der Waals surface area contributed by atoms with Gasteiger partial charge in [-0.2, -0.15) is 8.42 Å². The second-order valence-electron chi connectivity index (χ2n) is 4.53. The van der Waals surface area contributed by atoms with Gasteiger partial charge in [-0.05, 0) is 6.42 Å². The van der Waals surface area contributed by atoms with E-state index in [0.29, 0.717) is 19.3 Å². The third-order valence-electron chi connectivity index (χ3n) is 2.61. The Balaban J connectivity index is 0.000000388. The van der Waals surface area contributed by atoms with Gasteiger partial charge in [-0.3, -0.25) is 19.5 Å². The molecule has 0 aromatic rings. The normalized spacial score (nSPS) is 14.8. The lowest BCUT2D eigenvalue weighted by atomic mass is 10.1. The molecule has 0 unspecified atom stereocenters. The standard InChI is InChI=1S/C8H18O3S.C4H5NO2/c1-2-3-4-5-6-7-8-12(9,10)11;6-3-1-2-4(7)5-3/h2-8H2,1H3,(H,9,10,11);1-2H2,(H,5,6,7). The first-order valence-electron chi connectivity index (χ1n) is 6.63. The average molecular weight is 293 g/mol. The third kappa shape index (κ3) is 13.3. The van der Waals surface area contributed by atoms with Crippen LogP contribution in [0.3, 0.4) is 0 Å². The lowest BCUT2D eigenvalue weighted by Gasteiger charge is -1.98. The molecule has 112 valence electrons. The molecule has 1 aliphatic rings. The molecule has 0 radical (unpaired) electrons. The molecule has 1 rings (SSSR count). The number of rotatable bonds is 7. The predicted molar refractivity (Wildman–Crippen MR) is 72.2 cm³/mol. The van der Waals surface area contributed by atoms with Crippen LogP contribution in [-0.4, -0.2) is 30.5 Å². The third-order valence-corrected chi connectivity index (χ3v) is 3.42. The summed E-state index contributed by atoms with van der Waals surface area (Å²) >= 11 is 0. The Bertz CT molecular complexity index is 364. The lowest BCUT2D eigenvalue weighted by Crippen LogP contribution is -2.18. The van der Waals surface area contributed by atoms with Crippen LogP contribution in [-0.2, 0) is 19.7 Å². The van der Waals surface area contributed by atoms with E-state index in [1.165, 1.54) is 19.3 Å². The Hall–Kier alpha value is -0.950. The highest BCUT2D eigenvalue weighted by atomic mass is 32.2. The molecule has 1 aliphatic heterocycles. The van der Waals surface area contributed by atoms with Gasteiger partial charge in [0.25, 0.3) is 10.1 Å². The number of hydrogen-bond donors (Lipinski definition) is 2. The van der Waals surface area contributed by atoms with Gasteiger partial charge < -0.3 is 0 Å². The molecular weight excluding hydrogens is 270 g/mol. The number of unbranched alkanes of at least 4 members (excludes halogenated alkanes) is 5. The Morgan fingerprint density at radius 2 is 1.47 bits per heavy atom. The highest BCUT2D eigenvalue weighted by molar-refractivity contribution is 7.85. The lowest BCUT2D eigenvalue weighted by molar-refractivity contribution is -0.124. The molecule has 0 aromatic heterocycles. The number of nitrogens with one attached hydrogen (secondary N) is 1. The zero-order chi connectivity index (χ0) is 14.7. The quantitative estimate of drug-likeness (QED) is 0.422. The van der Waals surface area contributed by atoms with Gasteiger partial charge in [0.05, 0.1) is 5.75 Å². The molecule has 6 nitrogen and oxygen atoms in total. The van der Waals surface area contributed by atoms with Crippen LogP contribution in [0.15, 0.2) is 0 Å². The largest absolute Gasteiger partial charge is 0.296 e. The number of hydrogen-bond acceptors (Lipinski definition) is 4. The van der Waals surface area contributed by atoms with Gasteiger partial charge in [0.2, 0.25) is 11.8 Å². The van der Waals surface area contributed by atoms with Crippen LogP contribution in [0.25, 0.3) is 0 Å². The maximum atomic E-state index is 10.3. The van der Waals surface area contributed by atoms with E-state index in [2.05, 4.69) is 12.2 Å². The van der Waals surface area contributed by atoms with Gasteiger partial charge in [-0.25, -0.2) is 0 Å². The second kappa shape index (κ2) is 9.91. The van der Waals surface area contributed by atoms with Crippen molar-refractivity contribution >= 4 is 21.9 Å². The highest BCUT2D eigenvalue weighted by Gasteiger charge is 2.15. The molecule has 0 atom stereocenters. The molecule has 1 heterocycles. The maximum absolute atomic E-state index is 10.3. The van der Waals surface area contributed by atoms with Crippen LogP contribution in [0.5, 0.6) is 0 Å². The minimum Gasteiger partial charge on any atom is -0.296 e. The van der Waals surface area contributed by atoms with Crippen molar-refractivity contribution in [2.24, 2.45) is 0 Å². The molecule has 1 fully saturated rings. The Morgan fingerprint density at radius 3 is 1.84 bits per heavy atom. The van der Waals surface area contributed by atoms with E-state index < -0.39 is 10.1 Å². The molecule has 0 bridgehead atoms. The molecule has 2 N–H and O–H groups in total. The molecule has 0 aromatic carbocycles. The van der Waals surface area contributed by atoms with E-state index >= 15 is 0 Å². The smallest absolute Gasteiger partial charge is 0.264 e. The van der Waals surface area contributed by atoms with E-state index in [1.54, 1.807) is 0 Å². The van der Waals surface area contributed by atoms with E-state index in [1.807, 2.05) is 0 Å². The van der Waals surface area contributed by atoms with Crippen LogP contribution in [0.4, 0.5) is 0 Å². The fourth-order valence-corrected chi connectivity index (χ4v) is 2.14. The van der Waals surface area contributed by atoms with Crippen LogP contribution < -0.4 is 5.32 Å². The number of imide groups is 1. The summed E-state index contributed by atoms with van der Waals surface area (Å²) in [6.45, 7) is 2.14. The molecule has 2 amide bonds. The van der Waals surface area contributed by atoms with Crippen molar-refractivity contribution in [1.29, 1.82) is 0 Å². The van der Waals surface area contributed by atoms with Gasteiger partial charge in [0, 0.05) is 12.8 Å². The molecule has 1 saturated heterocycles. The summed E-state index contributed by atoms with van der Waals surface area (Å²) in [6.07, 6.45) is 6.88. The summed E-state index contributed by atoms with van der Waals surface area (Å²) in [5.74, 6) is -0.380. The summed E-state index contributed by atoms with van der Waals surface area (Å²) in [4.78, 5) is 20.2. The molecule has 0 aliphatic carbocycles. The van der Waals surface area contributed by atoms with E-state index in [0.717, 1.165) is 12.8 Å². The first-order valence-corrected chi connectivity index (χ1v) is 8.24. The number of carbonyl (C=O) groups is 2. The zero-order valence-electron chi connectivity index (χ0n) is 11.4. The first-order chi connectivity index (χ1) is 8.85. The summed E-state index contributed by atoms with van der Waals surface area (Å²) in [7, 11) is -3.72. The molecule has 0 spiro atoms. The summed E-state index contributed by atoms with van der Waals surface area (Å²) in [5.41, 5.74) is 0. The van der Waals surface area contributed by atoms with Crippen molar-refractivity contribution < 1.29 is 22.6 Å². The minimum absolute atomic E-state index is 0.0842. The van der Waals surface area contributed by atoms with Gasteiger partial charge in [0.15, 0.2) is 0 Å². The zero-order valence-corrected chi connectivity index (χ0v) is 12.2. The van der Waals surface area contributed by atoms with Gasteiger partial charge in [-0.15, -0.1) is 0 Å². The molecule has 19 heavy (non-hydrogen) atoms. The van der Waals surface area contributed by atoms with Gasteiger partial charge >= 0.3 is 0 Å². The van der Waals surface area contributed by atoms with Crippen molar-refractivity contribution in [3.63, 3.8) is 0 Å². The van der Waals surface area contributed by atoms with Crippen LogP contribution >= 0.6 is 0 Å². The summed E-state index contributed by atoms with van der Waals surface area (Å²) < 4.78 is 28.9. The minimum atomic E-state index is -3.72. The van der Waals surface area contributed by atoms with Crippen molar-refractivity contribution in [3.05, 3.63) is 0 Å². The molecule has 0 saturated carbocycles. The van der Waals surface area contributed by atoms with Crippen LogP contribution in [0, 0.1) is 0 Å². The van der Waals surface area contributed by atoms with E-state index in [4.69, 9.17) is 4.55 Å². The van der Waals surface area contributed by atoms with Crippen LogP contribution in [0.2, 0.25) is 0 Å². The Morgan fingerprint density at radius 1 is 1.00 bits per heavy atom. The summed E-state index contributed by atoms with van der Waals surface area (Å²) in [6, 6.07) is 0. The average Bonchev–Trinajstić information content (AvgIpc) is 2.67. The SMILES string of the molecule is CCCCCCCCS(=O)(=O)O.O=C1CCC(=O)N1. The van der Waals surface area contributed by atoms with Gasteiger partial charge in [0.1, 0.15) is 0 Å². The van der Waals surface area contributed by atoms with Crippen molar-refractivity contribution in [3.8, 4) is 0 Å². The van der Waals surface area contributed by atoms with Gasteiger partial charge in [-0.1, -0.05) is 39.0 Å². The number of amides is 2. The fraction of sp³-hybridized carbons (Fsp3) is 0.833. The first kappa shape index (κ1) is 18.0. The van der Waals surface area contributed by atoms with E-state index in [-0.39, 0.29) is 17.6 Å². The van der Waals surface area contributed by atoms with Crippen molar-refractivity contribution in [2.75, 3.05) is 5.75 Å². The van der Waals surface area contributed by atoms with Crippen molar-refractivity contribution in [2.45, 2.75) is 58.3 Å². The Labute approximate surface area is 114 Å². The topological polar surface area (TPSA) is 101 Å². The molecular formula is C12H23NO5S. The van der Waals surface area contributed by atoms with Crippen LogP contribution in [0.1, 0.15) is 58.3 Å². The maximum Gasteiger partial charge on any atom is 0.264 e. The monoisotopic (exact) mass is 293 g/mol. The predicted octanol–water partition coefficient (Wildman–Crippen LogP) is 1.66. The number of carbonyl (C=O) groups excluding carboxylic acids is 2. The van der Waals surface area contributed by atoms with Crippen molar-refractivity contribution in [1.82, 2.24) is 5.32 Å². The highest BCUT2D eigenvalue weighted by Crippen LogP contribution is 2.05. The Kier molecular flexibility index (Phi) is 9.42. The molecule has 7 heteroatoms.